The average Bonchev–Trinajstić information content (AvgIpc) is 3.25. The molecule has 1 aliphatic rings. The molecular formula is C21H24ClN7. The van der Waals surface area contributed by atoms with Crippen molar-refractivity contribution in [2.45, 2.75) is 32.2 Å². The number of piperidine rings is 1. The molecule has 0 spiro atoms. The van der Waals surface area contributed by atoms with Crippen LogP contribution in [0.25, 0.3) is 33.2 Å². The molecular weight excluding hydrogens is 386 g/mol. The molecule has 1 aromatic carbocycles. The molecule has 0 radical (unpaired) electrons. The molecule has 1 aliphatic heterocycles. The molecule has 8 heteroatoms. The van der Waals surface area contributed by atoms with Crippen molar-refractivity contribution in [2.75, 3.05) is 18.0 Å². The van der Waals surface area contributed by atoms with Gasteiger partial charge in [-0.15, -0.1) is 0 Å². The first-order valence-corrected chi connectivity index (χ1v) is 10.2. The minimum atomic E-state index is -0.0940. The Kier molecular flexibility index (Phi) is 4.08. The highest BCUT2D eigenvalue weighted by Crippen LogP contribution is 2.37. The highest BCUT2D eigenvalue weighted by molar-refractivity contribution is 6.38. The van der Waals surface area contributed by atoms with Crippen molar-refractivity contribution in [1.82, 2.24) is 24.7 Å². The van der Waals surface area contributed by atoms with Crippen LogP contribution in [-0.4, -0.2) is 43.4 Å². The van der Waals surface area contributed by atoms with Gasteiger partial charge >= 0.3 is 0 Å². The summed E-state index contributed by atoms with van der Waals surface area (Å²) in [5, 5.41) is 6.04. The summed E-state index contributed by atoms with van der Waals surface area (Å²) in [5.74, 6) is 0.926. The van der Waals surface area contributed by atoms with Crippen LogP contribution in [0.3, 0.4) is 0 Å². The topological polar surface area (TPSA) is 88.7 Å². The van der Waals surface area contributed by atoms with Gasteiger partial charge in [0.2, 0.25) is 0 Å². The van der Waals surface area contributed by atoms with Gasteiger partial charge in [-0.3, -0.25) is 4.68 Å². The lowest BCUT2D eigenvalue weighted by Gasteiger charge is -2.37. The molecule has 29 heavy (non-hydrogen) atoms. The van der Waals surface area contributed by atoms with E-state index in [2.05, 4.69) is 21.9 Å². The number of rotatable bonds is 2. The standard InChI is InChI=1S/C21H24ClN7/c1-12-20(29-8-6-21(2,23)7-9-29)26-19-18(25-12)14(10-24-19)13-4-5-16-15(17(13)22)11-28(3)27-16/h4-5,10-11H,6-9,23H2,1-3H3,(H,24,26). The van der Waals surface area contributed by atoms with E-state index in [9.17, 15) is 0 Å². The number of hydrogen-bond acceptors (Lipinski definition) is 5. The molecule has 5 rings (SSSR count). The number of hydrogen-bond donors (Lipinski definition) is 2. The Hall–Kier alpha value is -2.64. The normalized spacial score (nSPS) is 16.8. The Balaban J connectivity index is 1.58. The van der Waals surface area contributed by atoms with Gasteiger partial charge in [0.25, 0.3) is 0 Å². The van der Waals surface area contributed by atoms with E-state index in [0.717, 1.165) is 70.6 Å². The molecule has 150 valence electrons. The maximum absolute atomic E-state index is 6.73. The summed E-state index contributed by atoms with van der Waals surface area (Å²) >= 11 is 6.73. The maximum atomic E-state index is 6.73. The van der Waals surface area contributed by atoms with Gasteiger partial charge in [-0.05, 0) is 32.8 Å². The largest absolute Gasteiger partial charge is 0.355 e. The van der Waals surface area contributed by atoms with E-state index in [1.165, 1.54) is 0 Å². The first kappa shape index (κ1) is 18.4. The van der Waals surface area contributed by atoms with Gasteiger partial charge < -0.3 is 15.6 Å². The van der Waals surface area contributed by atoms with Crippen LogP contribution in [0, 0.1) is 6.92 Å². The van der Waals surface area contributed by atoms with Crippen molar-refractivity contribution in [3.63, 3.8) is 0 Å². The SMILES string of the molecule is Cc1nc2c(-c3ccc4nn(C)cc4c3Cl)c[nH]c2nc1N1CCC(C)(N)CC1. The van der Waals surface area contributed by atoms with Crippen molar-refractivity contribution in [2.24, 2.45) is 12.8 Å². The number of nitrogens with zero attached hydrogens (tertiary/aromatic N) is 5. The van der Waals surface area contributed by atoms with Gasteiger partial charge in [-0.1, -0.05) is 17.7 Å². The molecule has 3 aromatic heterocycles. The van der Waals surface area contributed by atoms with Crippen LogP contribution in [-0.2, 0) is 7.05 Å². The number of aromatic amines is 1. The monoisotopic (exact) mass is 409 g/mol. The lowest BCUT2D eigenvalue weighted by Crippen LogP contribution is -2.48. The van der Waals surface area contributed by atoms with E-state index in [4.69, 9.17) is 27.3 Å². The minimum Gasteiger partial charge on any atom is -0.355 e. The second-order valence-corrected chi connectivity index (χ2v) is 8.71. The lowest BCUT2D eigenvalue weighted by atomic mass is 9.91. The number of H-pyrrole nitrogens is 1. The lowest BCUT2D eigenvalue weighted by molar-refractivity contribution is 0.363. The summed E-state index contributed by atoms with van der Waals surface area (Å²) < 4.78 is 1.77. The Morgan fingerprint density at radius 2 is 1.93 bits per heavy atom. The predicted molar refractivity (Wildman–Crippen MR) is 117 cm³/mol. The van der Waals surface area contributed by atoms with Crippen LogP contribution >= 0.6 is 11.6 Å². The molecule has 0 unspecified atom stereocenters. The summed E-state index contributed by atoms with van der Waals surface area (Å²) in [6.07, 6.45) is 5.77. The fourth-order valence-electron chi connectivity index (χ4n) is 4.13. The van der Waals surface area contributed by atoms with Crippen molar-refractivity contribution in [1.29, 1.82) is 0 Å². The fraction of sp³-hybridized carbons (Fsp3) is 0.381. The van der Waals surface area contributed by atoms with Gasteiger partial charge in [-0.2, -0.15) is 5.10 Å². The maximum Gasteiger partial charge on any atom is 0.159 e. The third-order valence-corrected chi connectivity index (χ3v) is 6.29. The van der Waals surface area contributed by atoms with Crippen LogP contribution in [0.4, 0.5) is 5.82 Å². The van der Waals surface area contributed by atoms with Crippen molar-refractivity contribution < 1.29 is 0 Å². The quantitative estimate of drug-likeness (QED) is 0.525. The Bertz CT molecular complexity index is 1230. The molecule has 1 fully saturated rings. The van der Waals surface area contributed by atoms with E-state index in [0.29, 0.717) is 5.02 Å². The first-order chi connectivity index (χ1) is 13.8. The van der Waals surface area contributed by atoms with Crippen molar-refractivity contribution >= 4 is 39.5 Å². The van der Waals surface area contributed by atoms with E-state index in [-0.39, 0.29) is 5.54 Å². The molecule has 0 atom stereocenters. The zero-order valence-electron chi connectivity index (χ0n) is 16.8. The van der Waals surface area contributed by atoms with Crippen LogP contribution in [0.1, 0.15) is 25.5 Å². The first-order valence-electron chi connectivity index (χ1n) is 9.84. The highest BCUT2D eigenvalue weighted by atomic mass is 35.5. The van der Waals surface area contributed by atoms with Gasteiger partial charge in [0.15, 0.2) is 11.5 Å². The van der Waals surface area contributed by atoms with Crippen LogP contribution in [0.5, 0.6) is 0 Å². The second-order valence-electron chi connectivity index (χ2n) is 8.34. The summed E-state index contributed by atoms with van der Waals surface area (Å²) in [6.45, 7) is 5.92. The molecule has 4 heterocycles. The number of fused-ring (bicyclic) bond motifs is 2. The number of halogens is 1. The van der Waals surface area contributed by atoms with E-state index in [1.54, 1.807) is 4.68 Å². The Labute approximate surface area is 173 Å². The molecule has 0 amide bonds. The van der Waals surface area contributed by atoms with Gasteiger partial charge in [0, 0.05) is 54.6 Å². The second kappa shape index (κ2) is 6.43. The number of benzene rings is 1. The third-order valence-electron chi connectivity index (χ3n) is 5.89. The fourth-order valence-corrected chi connectivity index (χ4v) is 4.44. The number of aromatic nitrogens is 5. The van der Waals surface area contributed by atoms with E-state index in [1.807, 2.05) is 38.5 Å². The van der Waals surface area contributed by atoms with Gasteiger partial charge in [0.05, 0.1) is 16.2 Å². The van der Waals surface area contributed by atoms with Crippen LogP contribution in [0.15, 0.2) is 24.5 Å². The van der Waals surface area contributed by atoms with Gasteiger partial charge in [-0.25, -0.2) is 9.97 Å². The summed E-state index contributed by atoms with van der Waals surface area (Å²) in [5.41, 5.74) is 11.5. The molecule has 7 nitrogen and oxygen atoms in total. The molecule has 0 bridgehead atoms. The zero-order valence-corrected chi connectivity index (χ0v) is 17.6. The number of anilines is 1. The molecule has 3 N–H and O–H groups in total. The predicted octanol–water partition coefficient (Wildman–Crippen LogP) is 3.79. The van der Waals surface area contributed by atoms with Crippen LogP contribution < -0.4 is 10.6 Å². The summed E-state index contributed by atoms with van der Waals surface area (Å²) in [7, 11) is 1.89. The average molecular weight is 410 g/mol. The van der Waals surface area contributed by atoms with E-state index >= 15 is 0 Å². The highest BCUT2D eigenvalue weighted by Gasteiger charge is 2.28. The number of nitrogens with one attached hydrogen (secondary N) is 1. The minimum absolute atomic E-state index is 0.0940. The van der Waals surface area contributed by atoms with Crippen molar-refractivity contribution in [3.05, 3.63) is 35.2 Å². The molecule has 0 saturated carbocycles. The van der Waals surface area contributed by atoms with Gasteiger partial charge in [0.1, 0.15) is 5.52 Å². The molecule has 4 aromatic rings. The smallest absolute Gasteiger partial charge is 0.159 e. The Morgan fingerprint density at radius 3 is 2.69 bits per heavy atom. The number of aryl methyl sites for hydroxylation is 2. The third kappa shape index (κ3) is 3.05. The number of nitrogens with two attached hydrogens (primary N) is 1. The summed E-state index contributed by atoms with van der Waals surface area (Å²) in [6, 6.07) is 3.99. The van der Waals surface area contributed by atoms with Crippen LogP contribution in [0.2, 0.25) is 5.02 Å². The Morgan fingerprint density at radius 1 is 1.17 bits per heavy atom. The zero-order chi connectivity index (χ0) is 20.3. The molecule has 0 aliphatic carbocycles. The van der Waals surface area contributed by atoms with Crippen molar-refractivity contribution in [3.8, 4) is 11.1 Å². The summed E-state index contributed by atoms with van der Waals surface area (Å²) in [4.78, 5) is 15.4. The van der Waals surface area contributed by atoms with E-state index < -0.39 is 0 Å². The molecule has 1 saturated heterocycles.